The molecule has 0 unspecified atom stereocenters. The van der Waals surface area contributed by atoms with Gasteiger partial charge in [-0.15, -0.1) is 0 Å². The lowest BCUT2D eigenvalue weighted by molar-refractivity contribution is -0.138. The maximum atomic E-state index is 13.1. The number of benzene rings is 1. The third-order valence-corrected chi connectivity index (χ3v) is 3.75. The van der Waals surface area contributed by atoms with E-state index >= 15 is 0 Å². The zero-order valence-electron chi connectivity index (χ0n) is 11.4. The van der Waals surface area contributed by atoms with Crippen LogP contribution in [-0.4, -0.2) is 34.5 Å². The molecule has 4 nitrogen and oxygen atoms in total. The molecule has 0 spiro atoms. The summed E-state index contributed by atoms with van der Waals surface area (Å²) in [7, 11) is 0. The van der Waals surface area contributed by atoms with Crippen LogP contribution in [0.15, 0.2) is 18.2 Å². The zero-order chi connectivity index (χ0) is 14.7. The van der Waals surface area contributed by atoms with Gasteiger partial charge >= 0.3 is 5.97 Å². The van der Waals surface area contributed by atoms with E-state index in [0.717, 1.165) is 25.7 Å². The van der Waals surface area contributed by atoms with Crippen molar-refractivity contribution in [3.63, 3.8) is 0 Å². The number of aryl methyl sites for hydroxylation is 1. The predicted octanol–water partition coefficient (Wildman–Crippen LogP) is 2.60. The van der Waals surface area contributed by atoms with Gasteiger partial charge in [0, 0.05) is 11.6 Å². The van der Waals surface area contributed by atoms with Gasteiger partial charge in [0.2, 0.25) is 0 Å². The average Bonchev–Trinajstić information content (AvgIpc) is 2.88. The van der Waals surface area contributed by atoms with Crippen LogP contribution < -0.4 is 0 Å². The maximum absolute atomic E-state index is 13.1. The Morgan fingerprint density at radius 3 is 2.55 bits per heavy atom. The maximum Gasteiger partial charge on any atom is 0.323 e. The van der Waals surface area contributed by atoms with Crippen LogP contribution >= 0.6 is 0 Å². The summed E-state index contributed by atoms with van der Waals surface area (Å²) in [5.74, 6) is -1.74. The standard InChI is InChI=1S/C15H18FNO3/c1-10-8-11(16)6-7-13(10)15(20)17(9-14(18)19)12-4-2-3-5-12/h6-8,12H,2-5,9H2,1H3,(H,18,19). The molecule has 1 aromatic carbocycles. The average molecular weight is 279 g/mol. The van der Waals surface area contributed by atoms with Crippen LogP contribution in [0.25, 0.3) is 0 Å². The highest BCUT2D eigenvalue weighted by atomic mass is 19.1. The van der Waals surface area contributed by atoms with Crippen molar-refractivity contribution >= 4 is 11.9 Å². The Labute approximate surface area is 117 Å². The number of hydrogen-bond acceptors (Lipinski definition) is 2. The minimum Gasteiger partial charge on any atom is -0.480 e. The number of hydrogen-bond donors (Lipinski definition) is 1. The van der Waals surface area contributed by atoms with Gasteiger partial charge in [-0.05, 0) is 43.5 Å². The van der Waals surface area contributed by atoms with Gasteiger partial charge in [-0.3, -0.25) is 9.59 Å². The lowest BCUT2D eigenvalue weighted by atomic mass is 10.1. The van der Waals surface area contributed by atoms with Crippen LogP contribution in [0.2, 0.25) is 0 Å². The molecular weight excluding hydrogens is 261 g/mol. The second kappa shape index (κ2) is 6.03. The monoisotopic (exact) mass is 279 g/mol. The summed E-state index contributed by atoms with van der Waals surface area (Å²) in [6.07, 6.45) is 3.69. The summed E-state index contributed by atoms with van der Waals surface area (Å²) in [5, 5.41) is 9.00. The van der Waals surface area contributed by atoms with Crippen molar-refractivity contribution in [3.05, 3.63) is 35.1 Å². The Hall–Kier alpha value is -1.91. The van der Waals surface area contributed by atoms with Crippen molar-refractivity contribution in [1.82, 2.24) is 4.90 Å². The zero-order valence-corrected chi connectivity index (χ0v) is 11.4. The van der Waals surface area contributed by atoms with E-state index in [0.29, 0.717) is 11.1 Å². The van der Waals surface area contributed by atoms with Crippen LogP contribution in [0.1, 0.15) is 41.6 Å². The van der Waals surface area contributed by atoms with E-state index in [-0.39, 0.29) is 18.5 Å². The van der Waals surface area contributed by atoms with Crippen molar-refractivity contribution in [3.8, 4) is 0 Å². The molecule has 1 aliphatic carbocycles. The van der Waals surface area contributed by atoms with E-state index in [9.17, 15) is 14.0 Å². The van der Waals surface area contributed by atoms with Gasteiger partial charge < -0.3 is 10.0 Å². The van der Waals surface area contributed by atoms with Gasteiger partial charge in [0.1, 0.15) is 12.4 Å². The molecule has 1 fully saturated rings. The number of carboxylic acid groups (broad SMARTS) is 1. The Kier molecular flexibility index (Phi) is 4.37. The summed E-state index contributed by atoms with van der Waals surface area (Å²) < 4.78 is 13.1. The number of carboxylic acids is 1. The number of carbonyl (C=O) groups excluding carboxylic acids is 1. The Bertz CT molecular complexity index is 524. The molecule has 1 saturated carbocycles. The van der Waals surface area contributed by atoms with Gasteiger partial charge in [-0.1, -0.05) is 12.8 Å². The number of nitrogens with zero attached hydrogens (tertiary/aromatic N) is 1. The lowest BCUT2D eigenvalue weighted by Crippen LogP contribution is -2.42. The van der Waals surface area contributed by atoms with Gasteiger partial charge in [0.25, 0.3) is 5.91 Å². The van der Waals surface area contributed by atoms with Crippen LogP contribution in [0.5, 0.6) is 0 Å². The fourth-order valence-corrected chi connectivity index (χ4v) is 2.75. The van der Waals surface area contributed by atoms with Crippen molar-refractivity contribution < 1.29 is 19.1 Å². The van der Waals surface area contributed by atoms with Crippen molar-refractivity contribution in [2.75, 3.05) is 6.54 Å². The molecule has 0 saturated heterocycles. The summed E-state index contributed by atoms with van der Waals surface area (Å²) in [6.45, 7) is 1.35. The SMILES string of the molecule is Cc1cc(F)ccc1C(=O)N(CC(=O)O)C1CCCC1. The van der Waals surface area contributed by atoms with Gasteiger partial charge in [0.05, 0.1) is 0 Å². The molecule has 0 bridgehead atoms. The van der Waals surface area contributed by atoms with Crippen LogP contribution in [-0.2, 0) is 4.79 Å². The first-order chi connectivity index (χ1) is 9.49. The summed E-state index contributed by atoms with van der Waals surface area (Å²) >= 11 is 0. The Morgan fingerprint density at radius 1 is 1.35 bits per heavy atom. The van der Waals surface area contributed by atoms with Gasteiger partial charge in [-0.2, -0.15) is 0 Å². The van der Waals surface area contributed by atoms with E-state index in [4.69, 9.17) is 5.11 Å². The fourth-order valence-electron chi connectivity index (χ4n) is 2.75. The molecule has 108 valence electrons. The van der Waals surface area contributed by atoms with E-state index in [1.54, 1.807) is 6.92 Å². The third kappa shape index (κ3) is 3.15. The molecule has 20 heavy (non-hydrogen) atoms. The summed E-state index contributed by atoms with van der Waals surface area (Å²) in [5.41, 5.74) is 0.905. The van der Waals surface area contributed by atoms with Crippen molar-refractivity contribution in [2.24, 2.45) is 0 Å². The number of aliphatic carboxylic acids is 1. The summed E-state index contributed by atoms with van der Waals surface area (Å²) in [4.78, 5) is 24.9. The minimum absolute atomic E-state index is 0.0250. The van der Waals surface area contributed by atoms with Crippen LogP contribution in [0, 0.1) is 12.7 Å². The molecule has 1 N–H and O–H groups in total. The molecule has 2 rings (SSSR count). The minimum atomic E-state index is -1.02. The lowest BCUT2D eigenvalue weighted by Gasteiger charge is -2.28. The first kappa shape index (κ1) is 14.5. The quantitative estimate of drug-likeness (QED) is 0.921. The predicted molar refractivity (Wildman–Crippen MR) is 72.1 cm³/mol. The number of amides is 1. The molecule has 0 radical (unpaired) electrons. The summed E-state index contributed by atoms with van der Waals surface area (Å²) in [6, 6.07) is 3.92. The molecule has 0 aliphatic heterocycles. The Balaban J connectivity index is 2.27. The molecule has 1 amide bonds. The highest BCUT2D eigenvalue weighted by Gasteiger charge is 2.29. The third-order valence-electron chi connectivity index (χ3n) is 3.75. The molecule has 1 aliphatic rings. The van der Waals surface area contributed by atoms with E-state index < -0.39 is 11.8 Å². The highest BCUT2D eigenvalue weighted by molar-refractivity contribution is 5.97. The topological polar surface area (TPSA) is 57.6 Å². The molecule has 0 heterocycles. The van der Waals surface area contributed by atoms with E-state index in [1.807, 2.05) is 0 Å². The van der Waals surface area contributed by atoms with Crippen molar-refractivity contribution in [1.29, 1.82) is 0 Å². The van der Waals surface area contributed by atoms with Crippen LogP contribution in [0.4, 0.5) is 4.39 Å². The van der Waals surface area contributed by atoms with E-state index in [2.05, 4.69) is 0 Å². The first-order valence-corrected chi connectivity index (χ1v) is 6.78. The Morgan fingerprint density at radius 2 is 2.00 bits per heavy atom. The number of halogens is 1. The molecule has 5 heteroatoms. The highest BCUT2D eigenvalue weighted by Crippen LogP contribution is 2.25. The van der Waals surface area contributed by atoms with Crippen molar-refractivity contribution in [2.45, 2.75) is 38.6 Å². The van der Waals surface area contributed by atoms with E-state index in [1.165, 1.54) is 23.1 Å². The van der Waals surface area contributed by atoms with Gasteiger partial charge in [0.15, 0.2) is 0 Å². The smallest absolute Gasteiger partial charge is 0.323 e. The molecule has 0 atom stereocenters. The normalized spacial score (nSPS) is 15.3. The number of rotatable bonds is 4. The molecule has 0 aromatic heterocycles. The van der Waals surface area contributed by atoms with Gasteiger partial charge in [-0.25, -0.2) is 4.39 Å². The van der Waals surface area contributed by atoms with Crippen LogP contribution in [0.3, 0.4) is 0 Å². The second-order valence-electron chi connectivity index (χ2n) is 5.22. The number of carbonyl (C=O) groups is 2. The molecular formula is C15H18FNO3. The largest absolute Gasteiger partial charge is 0.480 e. The second-order valence-corrected chi connectivity index (χ2v) is 5.22. The first-order valence-electron chi connectivity index (χ1n) is 6.78. The fraction of sp³-hybridized carbons (Fsp3) is 0.467. The molecule has 1 aromatic rings.